The Morgan fingerprint density at radius 1 is 0.929 bits per heavy atom. The molecule has 0 saturated carbocycles. The Hall–Kier alpha value is -2.99. The van der Waals surface area contributed by atoms with Crippen LogP contribution in [0.4, 0.5) is 5.69 Å². The molecule has 0 unspecified atom stereocenters. The second kappa shape index (κ2) is 9.28. The number of anilines is 1. The van der Waals surface area contributed by atoms with E-state index in [1.165, 1.54) is 0 Å². The molecule has 0 aliphatic rings. The van der Waals surface area contributed by atoms with Crippen molar-refractivity contribution < 1.29 is 19.0 Å². The summed E-state index contributed by atoms with van der Waals surface area (Å²) in [6, 6.07) is 17.2. The van der Waals surface area contributed by atoms with Crippen LogP contribution in [0.25, 0.3) is 0 Å². The van der Waals surface area contributed by atoms with Crippen LogP contribution in [0.2, 0.25) is 0 Å². The summed E-state index contributed by atoms with van der Waals surface area (Å²) in [5.41, 5.74) is 1.77. The maximum absolute atomic E-state index is 13.1. The van der Waals surface area contributed by atoms with E-state index >= 15 is 0 Å². The fourth-order valence-corrected chi connectivity index (χ4v) is 3.58. The molecule has 0 spiro atoms. The summed E-state index contributed by atoms with van der Waals surface area (Å²) >= 11 is 1.58. The second-order valence-corrected chi connectivity index (χ2v) is 7.16. The highest BCUT2D eigenvalue weighted by molar-refractivity contribution is 7.10. The predicted octanol–water partition coefficient (Wildman–Crippen LogP) is 4.55. The number of hydrogen-bond donors (Lipinski definition) is 0. The molecule has 0 radical (unpaired) electrons. The summed E-state index contributed by atoms with van der Waals surface area (Å²) in [6.07, 6.45) is 0.349. The molecule has 0 fully saturated rings. The summed E-state index contributed by atoms with van der Waals surface area (Å²) in [7, 11) is 4.81. The van der Waals surface area contributed by atoms with Gasteiger partial charge in [0.15, 0.2) is 11.5 Å². The van der Waals surface area contributed by atoms with Gasteiger partial charge in [-0.25, -0.2) is 0 Å². The van der Waals surface area contributed by atoms with Gasteiger partial charge in [-0.1, -0.05) is 18.2 Å². The number of hydrogen-bond acceptors (Lipinski definition) is 5. The highest BCUT2D eigenvalue weighted by atomic mass is 32.1. The lowest BCUT2D eigenvalue weighted by Crippen LogP contribution is -2.31. The second-order valence-electron chi connectivity index (χ2n) is 6.12. The van der Waals surface area contributed by atoms with Crippen LogP contribution in [-0.2, 0) is 17.8 Å². The summed E-state index contributed by atoms with van der Waals surface area (Å²) in [6.45, 7) is 0.448. The number of carbonyl (C=O) groups excluding carboxylic acids is 1. The van der Waals surface area contributed by atoms with Gasteiger partial charge in [0.05, 0.1) is 34.3 Å². The maximum Gasteiger partial charge on any atom is 0.232 e. The molecule has 28 heavy (non-hydrogen) atoms. The first-order valence-corrected chi connectivity index (χ1v) is 9.70. The average molecular weight is 397 g/mol. The van der Waals surface area contributed by atoms with Crippen molar-refractivity contribution in [2.24, 2.45) is 0 Å². The van der Waals surface area contributed by atoms with Gasteiger partial charge in [-0.3, -0.25) is 4.79 Å². The zero-order valence-electron chi connectivity index (χ0n) is 16.2. The van der Waals surface area contributed by atoms with Gasteiger partial charge in [-0.05, 0) is 41.3 Å². The molecule has 3 rings (SSSR count). The van der Waals surface area contributed by atoms with Gasteiger partial charge in [0.2, 0.25) is 5.91 Å². The van der Waals surface area contributed by atoms with E-state index in [4.69, 9.17) is 14.2 Å². The largest absolute Gasteiger partial charge is 0.497 e. The zero-order chi connectivity index (χ0) is 19.9. The van der Waals surface area contributed by atoms with Crippen LogP contribution in [0.1, 0.15) is 10.4 Å². The fraction of sp³-hybridized carbons (Fsp3) is 0.227. The van der Waals surface area contributed by atoms with Crippen molar-refractivity contribution in [2.75, 3.05) is 26.2 Å². The Labute approximate surface area is 169 Å². The number of rotatable bonds is 8. The van der Waals surface area contributed by atoms with Crippen molar-refractivity contribution in [3.63, 3.8) is 0 Å². The van der Waals surface area contributed by atoms with Gasteiger partial charge < -0.3 is 19.1 Å². The Morgan fingerprint density at radius 3 is 2.29 bits per heavy atom. The van der Waals surface area contributed by atoms with Crippen molar-refractivity contribution >= 4 is 22.9 Å². The van der Waals surface area contributed by atoms with Crippen LogP contribution in [-0.4, -0.2) is 27.2 Å². The summed E-state index contributed by atoms with van der Waals surface area (Å²) < 4.78 is 16.0. The van der Waals surface area contributed by atoms with Crippen LogP contribution in [0.15, 0.2) is 60.0 Å². The molecule has 5 nitrogen and oxygen atoms in total. The standard InChI is InChI=1S/C22H23NO4S/c1-25-18-9-6-16(7-10-18)15-23(22(24)14-19-5-4-12-28-19)17-8-11-20(26-2)21(13-17)27-3/h4-13H,14-15H2,1-3H3. The normalized spacial score (nSPS) is 10.4. The highest BCUT2D eigenvalue weighted by Crippen LogP contribution is 2.32. The predicted molar refractivity (Wildman–Crippen MR) is 112 cm³/mol. The number of ether oxygens (including phenoxy) is 3. The molecule has 0 atom stereocenters. The van der Waals surface area contributed by atoms with Crippen LogP contribution in [0.5, 0.6) is 17.2 Å². The molecule has 6 heteroatoms. The third-order valence-electron chi connectivity index (χ3n) is 4.39. The van der Waals surface area contributed by atoms with E-state index in [1.54, 1.807) is 37.6 Å². The van der Waals surface area contributed by atoms with Gasteiger partial charge in [-0.2, -0.15) is 0 Å². The lowest BCUT2D eigenvalue weighted by molar-refractivity contribution is -0.118. The van der Waals surface area contributed by atoms with Crippen LogP contribution in [0.3, 0.4) is 0 Å². The molecule has 1 amide bonds. The first-order chi connectivity index (χ1) is 13.6. The topological polar surface area (TPSA) is 48.0 Å². The Kier molecular flexibility index (Phi) is 6.55. The van der Waals surface area contributed by atoms with Gasteiger partial charge in [0, 0.05) is 16.6 Å². The Balaban J connectivity index is 1.91. The number of benzene rings is 2. The molecule has 0 bridgehead atoms. The van der Waals surface area contributed by atoms with Crippen molar-refractivity contribution in [3.05, 3.63) is 70.4 Å². The number of amides is 1. The molecular formula is C22H23NO4S. The third kappa shape index (κ3) is 4.64. The van der Waals surface area contributed by atoms with Crippen molar-refractivity contribution in [3.8, 4) is 17.2 Å². The minimum atomic E-state index is 0.0190. The van der Waals surface area contributed by atoms with Crippen LogP contribution in [0, 0.1) is 0 Å². The van der Waals surface area contributed by atoms with Crippen LogP contribution >= 0.6 is 11.3 Å². The van der Waals surface area contributed by atoms with Gasteiger partial charge >= 0.3 is 0 Å². The van der Waals surface area contributed by atoms with Crippen molar-refractivity contribution in [1.29, 1.82) is 0 Å². The molecule has 1 heterocycles. The van der Waals surface area contributed by atoms with E-state index in [0.717, 1.165) is 21.9 Å². The molecule has 146 valence electrons. The van der Waals surface area contributed by atoms with E-state index in [2.05, 4.69) is 0 Å². The number of thiophene rings is 1. The zero-order valence-corrected chi connectivity index (χ0v) is 17.0. The van der Waals surface area contributed by atoms with Crippen LogP contribution < -0.4 is 19.1 Å². The van der Waals surface area contributed by atoms with Crippen molar-refractivity contribution in [1.82, 2.24) is 0 Å². The first kappa shape index (κ1) is 19.8. The quantitative estimate of drug-likeness (QED) is 0.559. The number of nitrogens with zero attached hydrogens (tertiary/aromatic N) is 1. The maximum atomic E-state index is 13.1. The third-order valence-corrected chi connectivity index (χ3v) is 5.26. The number of carbonyl (C=O) groups is 1. The molecule has 2 aromatic carbocycles. The minimum absolute atomic E-state index is 0.0190. The van der Waals surface area contributed by atoms with E-state index < -0.39 is 0 Å². The molecular weight excluding hydrogens is 374 g/mol. The summed E-state index contributed by atoms with van der Waals surface area (Å²) in [4.78, 5) is 15.9. The van der Waals surface area contributed by atoms with Gasteiger partial charge in [0.1, 0.15) is 5.75 Å². The average Bonchev–Trinajstić information content (AvgIpc) is 3.24. The lowest BCUT2D eigenvalue weighted by atomic mass is 10.1. The van der Waals surface area contributed by atoms with E-state index in [9.17, 15) is 4.79 Å². The monoisotopic (exact) mass is 397 g/mol. The van der Waals surface area contributed by atoms with E-state index in [0.29, 0.717) is 24.5 Å². The Bertz CT molecular complexity index is 907. The fourth-order valence-electron chi connectivity index (χ4n) is 2.89. The SMILES string of the molecule is COc1ccc(CN(C(=O)Cc2cccs2)c2ccc(OC)c(OC)c2)cc1. The van der Waals surface area contributed by atoms with Gasteiger partial charge in [0.25, 0.3) is 0 Å². The lowest BCUT2D eigenvalue weighted by Gasteiger charge is -2.24. The smallest absolute Gasteiger partial charge is 0.232 e. The Morgan fingerprint density at radius 2 is 1.68 bits per heavy atom. The molecule has 0 N–H and O–H groups in total. The summed E-state index contributed by atoms with van der Waals surface area (Å²) in [5, 5.41) is 1.98. The van der Waals surface area contributed by atoms with E-state index in [-0.39, 0.29) is 5.91 Å². The number of methoxy groups -OCH3 is 3. The molecule has 3 aromatic rings. The molecule has 1 aromatic heterocycles. The van der Waals surface area contributed by atoms with Gasteiger partial charge in [-0.15, -0.1) is 11.3 Å². The molecule has 0 saturated heterocycles. The summed E-state index contributed by atoms with van der Waals surface area (Å²) in [5.74, 6) is 2.02. The first-order valence-electron chi connectivity index (χ1n) is 8.82. The molecule has 0 aliphatic heterocycles. The van der Waals surface area contributed by atoms with Crippen molar-refractivity contribution in [2.45, 2.75) is 13.0 Å². The highest BCUT2D eigenvalue weighted by Gasteiger charge is 2.19. The molecule has 0 aliphatic carbocycles. The van der Waals surface area contributed by atoms with E-state index in [1.807, 2.05) is 60.0 Å². The minimum Gasteiger partial charge on any atom is -0.497 e.